The van der Waals surface area contributed by atoms with E-state index in [9.17, 15) is 4.79 Å². The number of carbonyl (C=O) groups excluding carboxylic acids is 1. The van der Waals surface area contributed by atoms with Crippen LogP contribution in [0.2, 0.25) is 0 Å². The molecule has 3 aromatic heterocycles. The molecule has 0 aromatic carbocycles. The first-order valence-electron chi connectivity index (χ1n) is 9.28. The molecule has 1 atom stereocenters. The molecule has 146 valence electrons. The summed E-state index contributed by atoms with van der Waals surface area (Å²) in [5.41, 5.74) is 1.96. The average Bonchev–Trinajstić information content (AvgIpc) is 3.29. The number of likely N-dealkylation sites (tertiary alicyclic amines) is 1. The molecule has 0 bridgehead atoms. The van der Waals surface area contributed by atoms with Gasteiger partial charge in [0.25, 0.3) is 0 Å². The van der Waals surface area contributed by atoms with E-state index in [1.165, 1.54) is 0 Å². The summed E-state index contributed by atoms with van der Waals surface area (Å²) < 4.78 is 13.1. The van der Waals surface area contributed by atoms with Gasteiger partial charge in [-0.2, -0.15) is 5.10 Å². The van der Waals surface area contributed by atoms with Gasteiger partial charge in [0.05, 0.1) is 24.6 Å². The van der Waals surface area contributed by atoms with Gasteiger partial charge in [0.15, 0.2) is 5.65 Å². The number of hydrogen-bond acceptors (Lipinski definition) is 6. The van der Waals surface area contributed by atoms with Gasteiger partial charge >= 0.3 is 6.09 Å². The minimum absolute atomic E-state index is 0.0674. The van der Waals surface area contributed by atoms with Crippen LogP contribution in [0.25, 0.3) is 16.9 Å². The summed E-state index contributed by atoms with van der Waals surface area (Å²) >= 11 is 0. The quantitative estimate of drug-likeness (QED) is 0.693. The van der Waals surface area contributed by atoms with Crippen LogP contribution >= 0.6 is 0 Å². The van der Waals surface area contributed by atoms with Crippen LogP contribution in [0.3, 0.4) is 0 Å². The molecule has 0 spiro atoms. The van der Waals surface area contributed by atoms with Crippen LogP contribution < -0.4 is 4.74 Å². The van der Waals surface area contributed by atoms with E-state index in [1.54, 1.807) is 28.0 Å². The molecule has 1 aliphatic rings. The van der Waals surface area contributed by atoms with Crippen molar-refractivity contribution < 1.29 is 14.3 Å². The Balaban J connectivity index is 1.38. The van der Waals surface area contributed by atoms with Crippen molar-refractivity contribution in [1.29, 1.82) is 0 Å². The molecule has 0 radical (unpaired) electrons. The number of aromatic nitrogens is 4. The number of ether oxygens (including phenoxy) is 2. The van der Waals surface area contributed by atoms with E-state index in [4.69, 9.17) is 9.47 Å². The number of amides is 1. The molecule has 3 aromatic rings. The smallest absolute Gasteiger partial charge is 0.410 e. The monoisotopic (exact) mass is 381 g/mol. The number of rotatable bonds is 3. The third-order valence-corrected chi connectivity index (χ3v) is 4.38. The maximum Gasteiger partial charge on any atom is 0.410 e. The molecule has 4 heterocycles. The minimum Gasteiger partial charge on any atom is -0.487 e. The normalized spacial score (nSPS) is 17.1. The van der Waals surface area contributed by atoms with Crippen molar-refractivity contribution in [3.63, 3.8) is 0 Å². The first-order chi connectivity index (χ1) is 13.4. The van der Waals surface area contributed by atoms with Gasteiger partial charge in [0.1, 0.15) is 17.5 Å². The van der Waals surface area contributed by atoms with Gasteiger partial charge in [-0.15, -0.1) is 0 Å². The molecule has 4 rings (SSSR count). The van der Waals surface area contributed by atoms with Crippen molar-refractivity contribution in [3.05, 3.63) is 43.0 Å². The summed E-state index contributed by atoms with van der Waals surface area (Å²) in [6.45, 7) is 6.72. The van der Waals surface area contributed by atoms with Crippen molar-refractivity contribution in [2.24, 2.45) is 0 Å². The Labute approximate surface area is 163 Å². The molecule has 0 unspecified atom stereocenters. The molecule has 1 fully saturated rings. The average molecular weight is 381 g/mol. The molecule has 1 aliphatic heterocycles. The lowest BCUT2D eigenvalue weighted by molar-refractivity contribution is 0.0275. The Kier molecular flexibility index (Phi) is 4.62. The zero-order valence-corrected chi connectivity index (χ0v) is 16.2. The van der Waals surface area contributed by atoms with Crippen LogP contribution in [0.1, 0.15) is 27.2 Å². The standard InChI is InChI=1S/C20H23N5O3/c1-20(2,3)28-19(26)24-9-7-16(13-24)27-15-4-5-17(21-11-15)14-10-22-18-6-8-23-25(18)12-14/h4-6,8,10-12,16H,7,9,13H2,1-3H3/t16-/m0/s1. The maximum absolute atomic E-state index is 12.2. The van der Waals surface area contributed by atoms with E-state index in [2.05, 4.69) is 15.1 Å². The van der Waals surface area contributed by atoms with Crippen molar-refractivity contribution in [2.75, 3.05) is 13.1 Å². The number of hydrogen-bond donors (Lipinski definition) is 0. The highest BCUT2D eigenvalue weighted by atomic mass is 16.6. The summed E-state index contributed by atoms with van der Waals surface area (Å²) in [5, 5.41) is 4.19. The van der Waals surface area contributed by atoms with Gasteiger partial charge in [0.2, 0.25) is 0 Å². The van der Waals surface area contributed by atoms with Gasteiger partial charge in [-0.3, -0.25) is 4.98 Å². The summed E-state index contributed by atoms with van der Waals surface area (Å²) in [5.74, 6) is 0.674. The van der Waals surface area contributed by atoms with Gasteiger partial charge in [0, 0.05) is 37.0 Å². The fourth-order valence-electron chi connectivity index (χ4n) is 3.07. The zero-order chi connectivity index (χ0) is 19.7. The molecule has 8 heteroatoms. The molecule has 0 N–H and O–H groups in total. The molecule has 1 saturated heterocycles. The molecular weight excluding hydrogens is 358 g/mol. The number of nitrogens with zero attached hydrogens (tertiary/aromatic N) is 5. The third kappa shape index (κ3) is 4.05. The summed E-state index contributed by atoms with van der Waals surface area (Å²) in [4.78, 5) is 22.7. The number of carbonyl (C=O) groups is 1. The lowest BCUT2D eigenvalue weighted by Crippen LogP contribution is -2.36. The molecule has 0 aliphatic carbocycles. The van der Waals surface area contributed by atoms with E-state index in [-0.39, 0.29) is 12.2 Å². The van der Waals surface area contributed by atoms with Crippen molar-refractivity contribution in [1.82, 2.24) is 24.5 Å². The Morgan fingerprint density at radius 1 is 1.18 bits per heavy atom. The highest BCUT2D eigenvalue weighted by molar-refractivity contribution is 5.68. The Morgan fingerprint density at radius 3 is 2.79 bits per heavy atom. The van der Waals surface area contributed by atoms with E-state index in [0.717, 1.165) is 23.3 Å². The molecule has 1 amide bonds. The van der Waals surface area contributed by atoms with Crippen LogP contribution in [0, 0.1) is 0 Å². The van der Waals surface area contributed by atoms with Gasteiger partial charge in [-0.1, -0.05) is 0 Å². The Hall–Kier alpha value is -3.16. The summed E-state index contributed by atoms with van der Waals surface area (Å²) in [7, 11) is 0. The van der Waals surface area contributed by atoms with Gasteiger partial charge in [-0.25, -0.2) is 14.3 Å². The number of pyridine rings is 1. The predicted octanol–water partition coefficient (Wildman–Crippen LogP) is 3.18. The molecule has 28 heavy (non-hydrogen) atoms. The fraction of sp³-hybridized carbons (Fsp3) is 0.400. The first kappa shape index (κ1) is 18.2. The SMILES string of the molecule is CC(C)(C)OC(=O)N1CC[C@H](Oc2ccc(-c3cnc4ccnn4c3)nc2)C1. The van der Waals surface area contributed by atoms with Crippen molar-refractivity contribution in [3.8, 4) is 17.0 Å². The third-order valence-electron chi connectivity index (χ3n) is 4.38. The topological polar surface area (TPSA) is 81.8 Å². The van der Waals surface area contributed by atoms with Crippen LogP contribution in [0.4, 0.5) is 4.79 Å². The Bertz CT molecular complexity index is 977. The van der Waals surface area contributed by atoms with Crippen LogP contribution in [-0.2, 0) is 4.74 Å². The van der Waals surface area contributed by atoms with Crippen molar-refractivity contribution in [2.45, 2.75) is 38.9 Å². The van der Waals surface area contributed by atoms with E-state index in [0.29, 0.717) is 18.8 Å². The van der Waals surface area contributed by atoms with Crippen LogP contribution in [0.15, 0.2) is 43.0 Å². The largest absolute Gasteiger partial charge is 0.487 e. The zero-order valence-electron chi connectivity index (χ0n) is 16.2. The fourth-order valence-corrected chi connectivity index (χ4v) is 3.07. The van der Waals surface area contributed by atoms with Crippen LogP contribution in [-0.4, -0.2) is 55.4 Å². The Morgan fingerprint density at radius 2 is 2.04 bits per heavy atom. The summed E-state index contributed by atoms with van der Waals surface area (Å²) in [6.07, 6.45) is 7.46. The molecular formula is C20H23N5O3. The second-order valence-corrected chi connectivity index (χ2v) is 7.81. The first-order valence-corrected chi connectivity index (χ1v) is 9.28. The second-order valence-electron chi connectivity index (χ2n) is 7.81. The predicted molar refractivity (Wildman–Crippen MR) is 103 cm³/mol. The lowest BCUT2D eigenvalue weighted by Gasteiger charge is -2.24. The maximum atomic E-state index is 12.2. The number of fused-ring (bicyclic) bond motifs is 1. The summed E-state index contributed by atoms with van der Waals surface area (Å²) in [6, 6.07) is 5.62. The van der Waals surface area contributed by atoms with E-state index < -0.39 is 5.60 Å². The highest BCUT2D eigenvalue weighted by Crippen LogP contribution is 2.23. The van der Waals surface area contributed by atoms with E-state index in [1.807, 2.05) is 45.2 Å². The highest BCUT2D eigenvalue weighted by Gasteiger charge is 2.30. The van der Waals surface area contributed by atoms with Gasteiger partial charge < -0.3 is 14.4 Å². The molecule has 0 saturated carbocycles. The van der Waals surface area contributed by atoms with E-state index >= 15 is 0 Å². The molecule has 8 nitrogen and oxygen atoms in total. The van der Waals surface area contributed by atoms with Crippen LogP contribution in [0.5, 0.6) is 5.75 Å². The second kappa shape index (κ2) is 7.10. The minimum atomic E-state index is -0.496. The van der Waals surface area contributed by atoms with Gasteiger partial charge in [-0.05, 0) is 32.9 Å². The lowest BCUT2D eigenvalue weighted by atomic mass is 10.2. The van der Waals surface area contributed by atoms with Crippen molar-refractivity contribution >= 4 is 11.7 Å².